The molecule has 14 heavy (non-hydrogen) atoms. The highest BCUT2D eigenvalue weighted by molar-refractivity contribution is 5.81. The van der Waals surface area contributed by atoms with Crippen LogP contribution in [0.2, 0.25) is 0 Å². The van der Waals surface area contributed by atoms with E-state index in [0.717, 1.165) is 0 Å². The van der Waals surface area contributed by atoms with E-state index in [1.54, 1.807) is 0 Å². The van der Waals surface area contributed by atoms with Gasteiger partial charge in [0.05, 0.1) is 5.54 Å². The van der Waals surface area contributed by atoms with E-state index < -0.39 is 0 Å². The maximum Gasteiger partial charge on any atom is 0.193 e. The highest BCUT2D eigenvalue weighted by Gasteiger charge is 2.29. The van der Waals surface area contributed by atoms with Gasteiger partial charge in [0.25, 0.3) is 0 Å². The van der Waals surface area contributed by atoms with E-state index in [9.17, 15) is 0 Å². The third kappa shape index (κ3) is 2.08. The summed E-state index contributed by atoms with van der Waals surface area (Å²) < 4.78 is 0. The molecule has 0 bridgehead atoms. The summed E-state index contributed by atoms with van der Waals surface area (Å²) in [6.45, 7) is 10.7. The molecule has 0 aromatic rings. The van der Waals surface area contributed by atoms with E-state index in [-0.39, 0.29) is 5.54 Å². The Labute approximate surface area is 86.5 Å². The van der Waals surface area contributed by atoms with Gasteiger partial charge in [0.15, 0.2) is 5.96 Å². The molecule has 3 N–H and O–H groups in total. The second-order valence-corrected chi connectivity index (χ2v) is 4.76. The summed E-state index contributed by atoms with van der Waals surface area (Å²) >= 11 is 0. The SMILES string of the molecule is CC(C)C1=CC(C)(C(C)C)N=C(N)N1. The summed E-state index contributed by atoms with van der Waals surface area (Å²) in [7, 11) is 0. The Morgan fingerprint density at radius 2 is 1.93 bits per heavy atom. The molecule has 0 spiro atoms. The van der Waals surface area contributed by atoms with Crippen LogP contribution in [-0.2, 0) is 0 Å². The monoisotopic (exact) mass is 195 g/mol. The lowest BCUT2D eigenvalue weighted by Gasteiger charge is -2.33. The lowest BCUT2D eigenvalue weighted by atomic mass is 9.86. The van der Waals surface area contributed by atoms with E-state index in [2.05, 4.69) is 51.0 Å². The molecular weight excluding hydrogens is 174 g/mol. The molecule has 0 fully saturated rings. The normalized spacial score (nSPS) is 27.4. The number of rotatable bonds is 2. The van der Waals surface area contributed by atoms with E-state index in [0.29, 0.717) is 17.8 Å². The average Bonchev–Trinajstić information content (AvgIpc) is 2.02. The topological polar surface area (TPSA) is 50.4 Å². The van der Waals surface area contributed by atoms with Crippen molar-refractivity contribution < 1.29 is 0 Å². The molecule has 0 aromatic carbocycles. The van der Waals surface area contributed by atoms with Crippen molar-refractivity contribution in [1.29, 1.82) is 0 Å². The van der Waals surface area contributed by atoms with E-state index in [1.165, 1.54) is 5.70 Å². The van der Waals surface area contributed by atoms with Crippen LogP contribution in [0.3, 0.4) is 0 Å². The second-order valence-electron chi connectivity index (χ2n) is 4.76. The summed E-state index contributed by atoms with van der Waals surface area (Å²) in [5.74, 6) is 1.45. The molecule has 0 saturated carbocycles. The lowest BCUT2D eigenvalue weighted by Crippen LogP contribution is -2.43. The molecule has 1 unspecified atom stereocenters. The number of nitrogens with zero attached hydrogens (tertiary/aromatic N) is 1. The molecule has 1 aliphatic heterocycles. The van der Waals surface area contributed by atoms with Crippen LogP contribution in [-0.4, -0.2) is 11.5 Å². The van der Waals surface area contributed by atoms with E-state index >= 15 is 0 Å². The molecular formula is C11H21N3. The first kappa shape index (κ1) is 11.1. The van der Waals surface area contributed by atoms with Crippen molar-refractivity contribution in [3.63, 3.8) is 0 Å². The smallest absolute Gasteiger partial charge is 0.193 e. The van der Waals surface area contributed by atoms with Crippen molar-refractivity contribution in [1.82, 2.24) is 5.32 Å². The van der Waals surface area contributed by atoms with Crippen molar-refractivity contribution in [2.24, 2.45) is 22.6 Å². The van der Waals surface area contributed by atoms with Crippen molar-refractivity contribution in [3.05, 3.63) is 11.8 Å². The Bertz CT molecular complexity index is 276. The summed E-state index contributed by atoms with van der Waals surface area (Å²) in [6, 6.07) is 0. The van der Waals surface area contributed by atoms with Gasteiger partial charge in [-0.15, -0.1) is 0 Å². The van der Waals surface area contributed by atoms with Crippen molar-refractivity contribution in [2.45, 2.75) is 40.2 Å². The summed E-state index contributed by atoms with van der Waals surface area (Å²) in [6.07, 6.45) is 2.19. The van der Waals surface area contributed by atoms with Gasteiger partial charge in [0, 0.05) is 5.70 Å². The van der Waals surface area contributed by atoms with Crippen LogP contribution in [0.25, 0.3) is 0 Å². The molecule has 3 nitrogen and oxygen atoms in total. The number of nitrogens with one attached hydrogen (secondary N) is 1. The molecule has 80 valence electrons. The Morgan fingerprint density at radius 3 is 2.36 bits per heavy atom. The Hall–Kier alpha value is -0.990. The number of guanidine groups is 1. The number of hydrogen-bond donors (Lipinski definition) is 2. The zero-order valence-electron chi connectivity index (χ0n) is 9.76. The lowest BCUT2D eigenvalue weighted by molar-refractivity contribution is 0.408. The maximum absolute atomic E-state index is 5.77. The molecule has 0 radical (unpaired) electrons. The molecule has 1 heterocycles. The standard InChI is InChI=1S/C11H21N3/c1-7(2)9-6-11(5,8(3)4)14-10(12)13-9/h6-8H,1-5H3,(H3,12,13,14). The van der Waals surface area contributed by atoms with Gasteiger partial charge >= 0.3 is 0 Å². The highest BCUT2D eigenvalue weighted by atomic mass is 15.1. The minimum absolute atomic E-state index is 0.158. The van der Waals surface area contributed by atoms with E-state index in [1.807, 2.05) is 0 Å². The minimum Gasteiger partial charge on any atom is -0.370 e. The first-order chi connectivity index (χ1) is 6.35. The summed E-state index contributed by atoms with van der Waals surface area (Å²) in [5.41, 5.74) is 6.79. The summed E-state index contributed by atoms with van der Waals surface area (Å²) in [4.78, 5) is 4.45. The van der Waals surface area contributed by atoms with Crippen molar-refractivity contribution >= 4 is 5.96 Å². The molecule has 0 amide bonds. The van der Waals surface area contributed by atoms with Crippen LogP contribution in [0.4, 0.5) is 0 Å². The van der Waals surface area contributed by atoms with Crippen LogP contribution in [0.1, 0.15) is 34.6 Å². The van der Waals surface area contributed by atoms with E-state index in [4.69, 9.17) is 5.73 Å². The molecule has 0 aromatic heterocycles. The van der Waals surface area contributed by atoms with Gasteiger partial charge in [-0.1, -0.05) is 27.7 Å². The fourth-order valence-corrected chi connectivity index (χ4v) is 1.43. The first-order valence-corrected chi connectivity index (χ1v) is 5.20. The molecule has 0 saturated heterocycles. The highest BCUT2D eigenvalue weighted by Crippen LogP contribution is 2.28. The summed E-state index contributed by atoms with van der Waals surface area (Å²) in [5, 5.41) is 3.11. The molecule has 0 aliphatic carbocycles. The van der Waals surface area contributed by atoms with Crippen LogP contribution < -0.4 is 11.1 Å². The van der Waals surface area contributed by atoms with Crippen molar-refractivity contribution in [2.75, 3.05) is 0 Å². The average molecular weight is 195 g/mol. The maximum atomic E-state index is 5.77. The van der Waals surface area contributed by atoms with Crippen LogP contribution in [0.5, 0.6) is 0 Å². The fraction of sp³-hybridized carbons (Fsp3) is 0.727. The third-order valence-electron chi connectivity index (χ3n) is 2.87. The number of nitrogens with two attached hydrogens (primary N) is 1. The van der Waals surface area contributed by atoms with Crippen LogP contribution in [0.15, 0.2) is 16.8 Å². The zero-order valence-corrected chi connectivity index (χ0v) is 9.76. The van der Waals surface area contributed by atoms with Gasteiger partial charge in [-0.25, -0.2) is 4.99 Å². The predicted molar refractivity (Wildman–Crippen MR) is 60.9 cm³/mol. The van der Waals surface area contributed by atoms with Crippen molar-refractivity contribution in [3.8, 4) is 0 Å². The quantitative estimate of drug-likeness (QED) is 0.706. The first-order valence-electron chi connectivity index (χ1n) is 5.20. The Morgan fingerprint density at radius 1 is 1.36 bits per heavy atom. The van der Waals surface area contributed by atoms with Crippen LogP contribution in [0, 0.1) is 11.8 Å². The third-order valence-corrected chi connectivity index (χ3v) is 2.87. The van der Waals surface area contributed by atoms with Gasteiger partial charge in [-0.05, 0) is 24.8 Å². The number of hydrogen-bond acceptors (Lipinski definition) is 3. The predicted octanol–water partition coefficient (Wildman–Crippen LogP) is 1.86. The zero-order chi connectivity index (χ0) is 10.9. The van der Waals surface area contributed by atoms with Gasteiger partial charge < -0.3 is 11.1 Å². The number of allylic oxidation sites excluding steroid dienone is 1. The van der Waals surface area contributed by atoms with Gasteiger partial charge in [0.2, 0.25) is 0 Å². The molecule has 1 rings (SSSR count). The second kappa shape index (κ2) is 3.64. The molecule has 1 atom stereocenters. The van der Waals surface area contributed by atoms with Gasteiger partial charge in [0.1, 0.15) is 0 Å². The Balaban J connectivity index is 3.01. The van der Waals surface area contributed by atoms with Gasteiger partial charge in [-0.3, -0.25) is 0 Å². The Kier molecular flexibility index (Phi) is 2.88. The van der Waals surface area contributed by atoms with Gasteiger partial charge in [-0.2, -0.15) is 0 Å². The minimum atomic E-state index is -0.158. The fourth-order valence-electron chi connectivity index (χ4n) is 1.43. The molecule has 1 aliphatic rings. The van der Waals surface area contributed by atoms with Crippen LogP contribution >= 0.6 is 0 Å². The largest absolute Gasteiger partial charge is 0.370 e. The molecule has 3 heteroatoms. The number of aliphatic imine (C=N–C) groups is 1.